The average Bonchev–Trinajstić information content (AvgIpc) is 3.23. The monoisotopic (exact) mass is 510 g/mol. The molecule has 174 valence electrons. The molecule has 1 fully saturated rings. The zero-order chi connectivity index (χ0) is 23.6. The van der Waals surface area contributed by atoms with E-state index in [1.54, 1.807) is 23.0 Å². The van der Waals surface area contributed by atoms with Crippen LogP contribution in [0.15, 0.2) is 59.6 Å². The van der Waals surface area contributed by atoms with E-state index in [4.69, 9.17) is 23.2 Å². The van der Waals surface area contributed by atoms with E-state index in [9.17, 15) is 17.6 Å². The lowest BCUT2D eigenvalue weighted by molar-refractivity contribution is -0.120. The van der Waals surface area contributed by atoms with E-state index in [-0.39, 0.29) is 29.8 Å². The summed E-state index contributed by atoms with van der Waals surface area (Å²) in [6.07, 6.45) is 2.51. The number of rotatable bonds is 6. The fourth-order valence-corrected chi connectivity index (χ4v) is 5.51. The summed E-state index contributed by atoms with van der Waals surface area (Å²) in [5.41, 5.74) is 0.702. The third-order valence-electron chi connectivity index (χ3n) is 5.52. The van der Waals surface area contributed by atoms with Gasteiger partial charge in [0, 0.05) is 41.3 Å². The largest absolute Gasteiger partial charge is 0.309 e. The van der Waals surface area contributed by atoms with Crippen LogP contribution in [0.25, 0.3) is 0 Å². The molecule has 0 bridgehead atoms. The molecule has 0 aliphatic carbocycles. The first-order chi connectivity index (χ1) is 15.7. The lowest BCUT2D eigenvalue weighted by atomic mass is 9.97. The Kier molecular flexibility index (Phi) is 7.04. The second kappa shape index (κ2) is 9.80. The highest BCUT2D eigenvalue weighted by Gasteiger charge is 2.32. The van der Waals surface area contributed by atoms with Gasteiger partial charge in [-0.1, -0.05) is 29.3 Å². The van der Waals surface area contributed by atoms with Gasteiger partial charge in [0.25, 0.3) is 0 Å². The molecule has 1 N–H and O–H groups in total. The van der Waals surface area contributed by atoms with Crippen LogP contribution in [0.5, 0.6) is 0 Å². The number of anilines is 1. The molecule has 4 rings (SSSR count). The number of nitrogens with zero attached hydrogens (tertiary/aromatic N) is 3. The molecule has 0 atom stereocenters. The van der Waals surface area contributed by atoms with Crippen molar-refractivity contribution in [2.45, 2.75) is 24.3 Å². The molecule has 0 saturated carbocycles. The van der Waals surface area contributed by atoms with Crippen LogP contribution in [0.1, 0.15) is 18.4 Å². The van der Waals surface area contributed by atoms with Crippen LogP contribution in [-0.4, -0.2) is 41.5 Å². The van der Waals surface area contributed by atoms with E-state index in [1.807, 2.05) is 0 Å². The zero-order valence-electron chi connectivity index (χ0n) is 17.4. The van der Waals surface area contributed by atoms with Crippen molar-refractivity contribution in [3.05, 3.63) is 76.2 Å². The van der Waals surface area contributed by atoms with Crippen LogP contribution >= 0.6 is 23.2 Å². The number of carbonyl (C=O) groups is 1. The molecule has 33 heavy (non-hydrogen) atoms. The van der Waals surface area contributed by atoms with Gasteiger partial charge >= 0.3 is 0 Å². The lowest BCUT2D eigenvalue weighted by Gasteiger charge is -2.30. The normalized spacial score (nSPS) is 15.5. The van der Waals surface area contributed by atoms with Crippen molar-refractivity contribution in [1.29, 1.82) is 0 Å². The van der Waals surface area contributed by atoms with Gasteiger partial charge in [-0.05, 0) is 54.8 Å². The first-order valence-corrected chi connectivity index (χ1v) is 12.5. The first kappa shape index (κ1) is 23.7. The van der Waals surface area contributed by atoms with Crippen molar-refractivity contribution in [1.82, 2.24) is 14.1 Å². The van der Waals surface area contributed by atoms with E-state index in [1.165, 1.54) is 40.7 Å². The first-order valence-electron chi connectivity index (χ1n) is 10.3. The number of halogens is 3. The van der Waals surface area contributed by atoms with E-state index >= 15 is 0 Å². The van der Waals surface area contributed by atoms with Gasteiger partial charge in [-0.25, -0.2) is 12.8 Å². The molecule has 2 aromatic carbocycles. The van der Waals surface area contributed by atoms with Crippen molar-refractivity contribution >= 4 is 45.0 Å². The number of hydrogen-bond acceptors (Lipinski definition) is 4. The molecule has 2 heterocycles. The molecule has 1 aliphatic rings. The second-order valence-corrected chi connectivity index (χ2v) is 10.5. The molecule has 1 aliphatic heterocycles. The van der Waals surface area contributed by atoms with E-state index < -0.39 is 15.8 Å². The summed E-state index contributed by atoms with van der Waals surface area (Å²) in [6.45, 7) is 0.830. The quantitative estimate of drug-likeness (QED) is 0.531. The van der Waals surface area contributed by atoms with Crippen LogP contribution in [-0.2, 0) is 21.4 Å². The Morgan fingerprint density at radius 2 is 1.79 bits per heavy atom. The van der Waals surface area contributed by atoms with Crippen molar-refractivity contribution < 1.29 is 17.6 Å². The predicted molar refractivity (Wildman–Crippen MR) is 124 cm³/mol. The van der Waals surface area contributed by atoms with E-state index in [0.717, 1.165) is 0 Å². The van der Waals surface area contributed by atoms with Gasteiger partial charge in [0.15, 0.2) is 5.82 Å². The summed E-state index contributed by atoms with van der Waals surface area (Å²) in [4.78, 5) is 12.9. The molecule has 1 saturated heterocycles. The average molecular weight is 511 g/mol. The number of sulfonamides is 1. The third kappa shape index (κ3) is 5.55. The maximum atomic E-state index is 13.2. The van der Waals surface area contributed by atoms with Crippen LogP contribution in [0, 0.1) is 11.7 Å². The topological polar surface area (TPSA) is 84.3 Å². The summed E-state index contributed by atoms with van der Waals surface area (Å²) in [5, 5.41) is 7.87. The molecular weight excluding hydrogens is 490 g/mol. The molecule has 0 radical (unpaired) electrons. The van der Waals surface area contributed by atoms with Crippen molar-refractivity contribution in [3.63, 3.8) is 0 Å². The zero-order valence-corrected chi connectivity index (χ0v) is 19.7. The number of nitrogens with one attached hydrogen (secondary N) is 1. The van der Waals surface area contributed by atoms with Crippen LogP contribution in [0.2, 0.25) is 10.0 Å². The van der Waals surface area contributed by atoms with Crippen molar-refractivity contribution in [3.8, 4) is 0 Å². The molecule has 0 unspecified atom stereocenters. The standard InChI is InChI=1S/C22H21Cl2FN4O3S/c23-17-2-5-19(6-3-17)33(31,32)29-11-7-15(8-12-29)22(30)26-21-9-10-28(27-21)14-16-1-4-18(25)13-20(16)24/h1-6,9-10,13,15H,7-8,11-12,14H2,(H,26,27,30). The summed E-state index contributed by atoms with van der Waals surface area (Å²) in [6, 6.07) is 11.8. The maximum absolute atomic E-state index is 13.2. The summed E-state index contributed by atoms with van der Waals surface area (Å²) < 4.78 is 41.8. The summed E-state index contributed by atoms with van der Waals surface area (Å²) in [7, 11) is -3.63. The third-order valence-corrected chi connectivity index (χ3v) is 8.03. The Morgan fingerprint density at radius 1 is 1.09 bits per heavy atom. The number of amides is 1. The van der Waals surface area contributed by atoms with Crippen LogP contribution < -0.4 is 5.32 Å². The van der Waals surface area contributed by atoms with Gasteiger partial charge in [-0.3, -0.25) is 9.48 Å². The van der Waals surface area contributed by atoms with Gasteiger partial charge in [-0.15, -0.1) is 0 Å². The maximum Gasteiger partial charge on any atom is 0.243 e. The smallest absolute Gasteiger partial charge is 0.243 e. The van der Waals surface area contributed by atoms with E-state index in [0.29, 0.717) is 40.8 Å². The van der Waals surface area contributed by atoms with Crippen molar-refractivity contribution in [2.24, 2.45) is 5.92 Å². The fraction of sp³-hybridized carbons (Fsp3) is 0.273. The summed E-state index contributed by atoms with van der Waals surface area (Å²) >= 11 is 11.9. The molecule has 3 aromatic rings. The highest BCUT2D eigenvalue weighted by atomic mass is 35.5. The molecule has 1 amide bonds. The Morgan fingerprint density at radius 3 is 2.45 bits per heavy atom. The van der Waals surface area contributed by atoms with Gasteiger partial charge in [0.1, 0.15) is 5.82 Å². The van der Waals surface area contributed by atoms with Gasteiger partial charge in [-0.2, -0.15) is 9.40 Å². The number of hydrogen-bond donors (Lipinski definition) is 1. The molecular formula is C22H21Cl2FN4O3S. The van der Waals surface area contributed by atoms with Crippen LogP contribution in [0.3, 0.4) is 0 Å². The highest BCUT2D eigenvalue weighted by Crippen LogP contribution is 2.26. The number of benzene rings is 2. The minimum Gasteiger partial charge on any atom is -0.309 e. The molecule has 1 aromatic heterocycles. The van der Waals surface area contributed by atoms with Gasteiger partial charge < -0.3 is 5.32 Å². The second-order valence-electron chi connectivity index (χ2n) is 7.76. The van der Waals surface area contributed by atoms with E-state index in [2.05, 4.69) is 10.4 Å². The fourth-order valence-electron chi connectivity index (χ4n) is 3.68. The predicted octanol–water partition coefficient (Wildman–Crippen LogP) is 4.42. The number of aromatic nitrogens is 2. The van der Waals surface area contributed by atoms with Gasteiger partial charge in [0.2, 0.25) is 15.9 Å². The minimum absolute atomic E-state index is 0.182. The Labute approximate surface area is 201 Å². The lowest BCUT2D eigenvalue weighted by Crippen LogP contribution is -2.41. The Bertz CT molecular complexity index is 1260. The Balaban J connectivity index is 1.33. The molecule has 7 nitrogen and oxygen atoms in total. The number of carbonyl (C=O) groups excluding carboxylic acids is 1. The summed E-state index contributed by atoms with van der Waals surface area (Å²) in [5.74, 6) is -0.555. The van der Waals surface area contributed by atoms with Crippen molar-refractivity contribution in [2.75, 3.05) is 18.4 Å². The van der Waals surface area contributed by atoms with Gasteiger partial charge in [0.05, 0.1) is 11.4 Å². The SMILES string of the molecule is O=C(Nc1ccn(Cc2ccc(F)cc2Cl)n1)C1CCN(S(=O)(=O)c2ccc(Cl)cc2)CC1. The highest BCUT2D eigenvalue weighted by molar-refractivity contribution is 7.89. The molecule has 11 heteroatoms. The number of piperidine rings is 1. The minimum atomic E-state index is -3.63. The Hall–Kier alpha value is -2.46. The molecule has 0 spiro atoms. The van der Waals surface area contributed by atoms with Crippen LogP contribution in [0.4, 0.5) is 10.2 Å².